The van der Waals surface area contributed by atoms with E-state index < -0.39 is 0 Å². The number of aromatic nitrogens is 1. The van der Waals surface area contributed by atoms with Crippen molar-refractivity contribution < 1.29 is 5.11 Å². The van der Waals surface area contributed by atoms with Gasteiger partial charge in [-0.15, -0.1) is 0 Å². The largest absolute Gasteiger partial charge is 0.400 e. The number of hydrogen-bond donors (Lipinski definition) is 2. The van der Waals surface area contributed by atoms with Gasteiger partial charge < -0.3 is 10.1 Å². The molecule has 0 saturated heterocycles. The number of hydrogen-bond acceptors (Lipinski definition) is 1. The summed E-state index contributed by atoms with van der Waals surface area (Å²) in [4.78, 5) is 3.67. The highest BCUT2D eigenvalue weighted by molar-refractivity contribution is 6.08. The Bertz CT molecular complexity index is 1140. The number of nitrogens with one attached hydrogen (secondary N) is 1. The first kappa shape index (κ1) is 18.0. The number of aromatic amines is 1. The van der Waals surface area contributed by atoms with Crippen molar-refractivity contribution in [3.63, 3.8) is 0 Å². The molecule has 28 heavy (non-hydrogen) atoms. The van der Waals surface area contributed by atoms with E-state index >= 15 is 0 Å². The third kappa shape index (κ3) is 3.19. The van der Waals surface area contributed by atoms with E-state index in [0.29, 0.717) is 0 Å². The van der Waals surface area contributed by atoms with Gasteiger partial charge in [0, 0.05) is 29.3 Å². The third-order valence-corrected chi connectivity index (χ3v) is 5.15. The van der Waals surface area contributed by atoms with Crippen LogP contribution in [0, 0.1) is 0 Å². The maximum absolute atomic E-state index is 7.00. The number of benzene rings is 4. The quantitative estimate of drug-likeness (QED) is 0.372. The second-order valence-electron chi connectivity index (χ2n) is 6.69. The van der Waals surface area contributed by atoms with Crippen LogP contribution in [-0.4, -0.2) is 17.2 Å². The number of H-pyrrole nitrogens is 1. The number of rotatable bonds is 3. The van der Waals surface area contributed by atoms with E-state index in [1.165, 1.54) is 38.5 Å². The van der Waals surface area contributed by atoms with E-state index in [0.717, 1.165) is 7.11 Å². The van der Waals surface area contributed by atoms with Crippen molar-refractivity contribution in [3.05, 3.63) is 120 Å². The van der Waals surface area contributed by atoms with E-state index in [9.17, 15) is 0 Å². The first-order valence-corrected chi connectivity index (χ1v) is 9.46. The fourth-order valence-corrected chi connectivity index (χ4v) is 3.98. The topological polar surface area (TPSA) is 36.0 Å². The Morgan fingerprint density at radius 3 is 1.75 bits per heavy atom. The smallest absolute Gasteiger partial charge is 0.0507 e. The summed E-state index contributed by atoms with van der Waals surface area (Å²) < 4.78 is 0. The van der Waals surface area contributed by atoms with Gasteiger partial charge in [0.15, 0.2) is 0 Å². The fraction of sp³-hybridized carbons (Fsp3) is 0.0769. The normalized spacial score (nSPS) is 10.8. The Morgan fingerprint density at radius 1 is 0.571 bits per heavy atom. The first-order chi connectivity index (χ1) is 13.9. The van der Waals surface area contributed by atoms with Crippen LogP contribution >= 0.6 is 0 Å². The van der Waals surface area contributed by atoms with Crippen molar-refractivity contribution in [1.29, 1.82) is 0 Å². The van der Waals surface area contributed by atoms with E-state index in [1.807, 2.05) is 0 Å². The summed E-state index contributed by atoms with van der Waals surface area (Å²) in [6, 6.07) is 36.7. The summed E-state index contributed by atoms with van der Waals surface area (Å²) in [7, 11) is 1.00. The van der Waals surface area contributed by atoms with Gasteiger partial charge in [-0.25, -0.2) is 0 Å². The highest BCUT2D eigenvalue weighted by Crippen LogP contribution is 2.37. The van der Waals surface area contributed by atoms with Gasteiger partial charge in [-0.3, -0.25) is 0 Å². The van der Waals surface area contributed by atoms with E-state index in [2.05, 4.69) is 108 Å². The molecule has 4 aromatic carbocycles. The molecule has 2 heteroatoms. The molecular weight excluding hydrogens is 342 g/mol. The lowest BCUT2D eigenvalue weighted by molar-refractivity contribution is 0.399. The van der Waals surface area contributed by atoms with Gasteiger partial charge in [0.05, 0.1) is 5.52 Å². The summed E-state index contributed by atoms with van der Waals surface area (Å²) in [6.07, 6.45) is 0. The Labute approximate surface area is 165 Å². The molecule has 0 atom stereocenters. The minimum atomic E-state index is 0.203. The predicted molar refractivity (Wildman–Crippen MR) is 118 cm³/mol. The Hall–Kier alpha value is -3.36. The maximum Gasteiger partial charge on any atom is 0.0507 e. The Kier molecular flexibility index (Phi) is 5.22. The van der Waals surface area contributed by atoms with E-state index in [-0.39, 0.29) is 5.92 Å². The molecule has 0 fully saturated rings. The minimum Gasteiger partial charge on any atom is -0.400 e. The fourth-order valence-electron chi connectivity index (χ4n) is 3.98. The predicted octanol–water partition coefficient (Wildman–Crippen LogP) is 6.11. The highest BCUT2D eigenvalue weighted by Gasteiger charge is 2.20. The van der Waals surface area contributed by atoms with Crippen LogP contribution in [0.15, 0.2) is 103 Å². The second kappa shape index (κ2) is 8.12. The molecule has 2 N–H and O–H groups in total. The average molecular weight is 365 g/mol. The summed E-state index contributed by atoms with van der Waals surface area (Å²) in [5.41, 5.74) is 6.35. The van der Waals surface area contributed by atoms with Crippen molar-refractivity contribution in [1.82, 2.24) is 4.98 Å². The summed E-state index contributed by atoms with van der Waals surface area (Å²) in [5, 5.41) is 9.57. The second-order valence-corrected chi connectivity index (χ2v) is 6.69. The summed E-state index contributed by atoms with van der Waals surface area (Å²) >= 11 is 0. The minimum absolute atomic E-state index is 0.203. The molecule has 5 rings (SSSR count). The summed E-state index contributed by atoms with van der Waals surface area (Å²) in [6.45, 7) is 0. The molecule has 0 bridgehead atoms. The Morgan fingerprint density at radius 2 is 1.11 bits per heavy atom. The molecule has 0 aliphatic rings. The molecule has 5 aromatic rings. The monoisotopic (exact) mass is 365 g/mol. The average Bonchev–Trinajstić information content (AvgIpc) is 3.17. The standard InChI is InChI=1S/C25H19N.CH4O/c1-3-10-18(11-4-1)24(19-12-5-2-6-13-19)22-16-9-15-21-20-14-7-8-17-23(20)26-25(21)22;1-2/h1-17,24,26H;2H,1H3. The van der Waals surface area contributed by atoms with E-state index in [1.54, 1.807) is 0 Å². The van der Waals surface area contributed by atoms with Gasteiger partial charge in [0.2, 0.25) is 0 Å². The molecule has 0 aliphatic carbocycles. The van der Waals surface area contributed by atoms with Crippen LogP contribution in [0.4, 0.5) is 0 Å². The van der Waals surface area contributed by atoms with Gasteiger partial charge in [0.25, 0.3) is 0 Å². The van der Waals surface area contributed by atoms with Crippen LogP contribution in [0.1, 0.15) is 22.6 Å². The van der Waals surface area contributed by atoms with Crippen molar-refractivity contribution in [3.8, 4) is 0 Å². The zero-order valence-electron chi connectivity index (χ0n) is 15.8. The lowest BCUT2D eigenvalue weighted by atomic mass is 9.84. The van der Waals surface area contributed by atoms with Crippen LogP contribution < -0.4 is 0 Å². The van der Waals surface area contributed by atoms with Gasteiger partial charge in [0.1, 0.15) is 0 Å². The number of para-hydroxylation sites is 2. The summed E-state index contributed by atoms with van der Waals surface area (Å²) in [5.74, 6) is 0.203. The van der Waals surface area contributed by atoms with Crippen LogP contribution in [0.3, 0.4) is 0 Å². The van der Waals surface area contributed by atoms with Crippen LogP contribution in [0.25, 0.3) is 21.8 Å². The van der Waals surface area contributed by atoms with Crippen molar-refractivity contribution in [2.45, 2.75) is 5.92 Å². The lowest BCUT2D eigenvalue weighted by Gasteiger charge is -2.19. The molecule has 2 nitrogen and oxygen atoms in total. The van der Waals surface area contributed by atoms with Crippen molar-refractivity contribution in [2.75, 3.05) is 7.11 Å². The molecule has 0 spiro atoms. The van der Waals surface area contributed by atoms with E-state index in [4.69, 9.17) is 5.11 Å². The number of aliphatic hydroxyl groups excluding tert-OH is 1. The van der Waals surface area contributed by atoms with Crippen LogP contribution in [0.5, 0.6) is 0 Å². The van der Waals surface area contributed by atoms with Gasteiger partial charge in [-0.1, -0.05) is 97.1 Å². The molecule has 1 aromatic heterocycles. The van der Waals surface area contributed by atoms with Gasteiger partial charge >= 0.3 is 0 Å². The number of fused-ring (bicyclic) bond motifs is 3. The maximum atomic E-state index is 7.00. The molecule has 0 radical (unpaired) electrons. The van der Waals surface area contributed by atoms with Crippen molar-refractivity contribution >= 4 is 21.8 Å². The lowest BCUT2D eigenvalue weighted by Crippen LogP contribution is -2.04. The highest BCUT2D eigenvalue weighted by atomic mass is 16.2. The zero-order chi connectivity index (χ0) is 19.3. The molecular formula is C26H23NO. The molecule has 0 aliphatic heterocycles. The zero-order valence-corrected chi connectivity index (χ0v) is 15.8. The third-order valence-electron chi connectivity index (χ3n) is 5.15. The van der Waals surface area contributed by atoms with Crippen molar-refractivity contribution in [2.24, 2.45) is 0 Å². The van der Waals surface area contributed by atoms with Crippen LogP contribution in [0.2, 0.25) is 0 Å². The first-order valence-electron chi connectivity index (χ1n) is 9.46. The molecule has 0 saturated carbocycles. The van der Waals surface area contributed by atoms with Crippen LogP contribution in [-0.2, 0) is 0 Å². The van der Waals surface area contributed by atoms with Gasteiger partial charge in [-0.2, -0.15) is 0 Å². The molecule has 138 valence electrons. The molecule has 1 heterocycles. The SMILES string of the molecule is CO.c1ccc(C(c2ccccc2)c2cccc3c2[nH]c2ccccc23)cc1. The molecule has 0 amide bonds. The molecule has 0 unspecified atom stereocenters. The Balaban J connectivity index is 0.000000932. The van der Waals surface area contributed by atoms with Gasteiger partial charge in [-0.05, 0) is 22.8 Å². The number of aliphatic hydroxyl groups is 1.